The van der Waals surface area contributed by atoms with Crippen LogP contribution in [-0.4, -0.2) is 20.4 Å². The number of benzene rings is 1. The predicted octanol–water partition coefficient (Wildman–Crippen LogP) is 1.63. The molecular weight excluding hydrogens is 269 g/mol. The maximum absolute atomic E-state index is 13.1. The molecule has 1 aromatic heterocycles. The van der Waals surface area contributed by atoms with Crippen LogP contribution in [0, 0.1) is 5.82 Å². The van der Waals surface area contributed by atoms with Crippen LogP contribution in [0.2, 0.25) is 0 Å². The van der Waals surface area contributed by atoms with E-state index in [0.29, 0.717) is 5.69 Å². The molecule has 1 heterocycles. The van der Waals surface area contributed by atoms with Gasteiger partial charge in [-0.25, -0.2) is 12.8 Å². The molecule has 0 atom stereocenters. The number of aromatic nitrogens is 1. The van der Waals surface area contributed by atoms with E-state index in [-0.39, 0.29) is 10.6 Å². The molecule has 0 amide bonds. The lowest BCUT2D eigenvalue weighted by Crippen LogP contribution is -2.26. The van der Waals surface area contributed by atoms with Crippen molar-refractivity contribution in [3.05, 3.63) is 48.5 Å². The van der Waals surface area contributed by atoms with Crippen LogP contribution >= 0.6 is 0 Å². The monoisotopic (exact) mass is 281 g/mol. The minimum atomic E-state index is -3.77. The number of hydrogen-bond donors (Lipinski definition) is 1. The molecule has 0 radical (unpaired) electrons. The van der Waals surface area contributed by atoms with Gasteiger partial charge in [0.05, 0.1) is 16.3 Å². The molecule has 0 saturated carbocycles. The van der Waals surface area contributed by atoms with E-state index in [1.165, 1.54) is 25.5 Å². The van der Waals surface area contributed by atoms with E-state index in [9.17, 15) is 12.8 Å². The highest BCUT2D eigenvalue weighted by Gasteiger charge is 2.22. The summed E-state index contributed by atoms with van der Waals surface area (Å²) in [5.74, 6) is -0.648. The number of pyridine rings is 1. The molecule has 100 valence electrons. The lowest BCUT2D eigenvalue weighted by atomic mass is 10.3. The van der Waals surface area contributed by atoms with E-state index in [4.69, 9.17) is 5.73 Å². The van der Waals surface area contributed by atoms with Gasteiger partial charge in [0.2, 0.25) is 0 Å². The van der Waals surface area contributed by atoms with Crippen molar-refractivity contribution in [3.8, 4) is 0 Å². The fourth-order valence-corrected chi connectivity index (χ4v) is 2.76. The Kier molecular flexibility index (Phi) is 3.39. The Labute approximate surface area is 110 Å². The molecule has 7 heteroatoms. The second-order valence-corrected chi connectivity index (χ2v) is 5.83. The average Bonchev–Trinajstić information content (AvgIpc) is 2.41. The third kappa shape index (κ3) is 2.50. The summed E-state index contributed by atoms with van der Waals surface area (Å²) in [5.41, 5.74) is 5.64. The normalized spacial score (nSPS) is 11.3. The average molecular weight is 281 g/mol. The Morgan fingerprint density at radius 3 is 2.42 bits per heavy atom. The fraction of sp³-hybridized carbons (Fsp3) is 0.0833. The first-order valence-electron chi connectivity index (χ1n) is 5.37. The zero-order valence-electron chi connectivity index (χ0n) is 10.1. The summed E-state index contributed by atoms with van der Waals surface area (Å²) in [6.45, 7) is 0. The molecule has 2 rings (SSSR count). The van der Waals surface area contributed by atoms with E-state index in [2.05, 4.69) is 4.98 Å². The first-order valence-corrected chi connectivity index (χ1v) is 6.81. The highest BCUT2D eigenvalue weighted by Crippen LogP contribution is 2.23. The molecule has 2 aromatic rings. The van der Waals surface area contributed by atoms with Gasteiger partial charge in [0.1, 0.15) is 5.82 Å². The second kappa shape index (κ2) is 4.85. The number of halogens is 1. The van der Waals surface area contributed by atoms with Crippen LogP contribution in [0.25, 0.3) is 0 Å². The zero-order chi connectivity index (χ0) is 14.0. The Morgan fingerprint density at radius 1 is 1.21 bits per heavy atom. The number of nitrogen functional groups attached to an aromatic ring is 1. The van der Waals surface area contributed by atoms with Crippen LogP contribution in [0.15, 0.2) is 47.6 Å². The van der Waals surface area contributed by atoms with Gasteiger partial charge in [-0.15, -0.1) is 0 Å². The third-order valence-corrected chi connectivity index (χ3v) is 4.43. The van der Waals surface area contributed by atoms with Crippen molar-refractivity contribution in [2.24, 2.45) is 0 Å². The van der Waals surface area contributed by atoms with E-state index in [1.54, 1.807) is 12.1 Å². The number of hydrogen-bond acceptors (Lipinski definition) is 4. The van der Waals surface area contributed by atoms with Gasteiger partial charge in [-0.1, -0.05) is 0 Å². The first kappa shape index (κ1) is 13.3. The van der Waals surface area contributed by atoms with Crippen molar-refractivity contribution in [1.82, 2.24) is 4.98 Å². The maximum atomic E-state index is 13.1. The molecule has 0 fully saturated rings. The zero-order valence-corrected chi connectivity index (χ0v) is 10.9. The van der Waals surface area contributed by atoms with E-state index in [1.807, 2.05) is 0 Å². The summed E-state index contributed by atoms with van der Waals surface area (Å²) < 4.78 is 38.8. The number of sulfonamides is 1. The van der Waals surface area contributed by atoms with Crippen molar-refractivity contribution in [2.75, 3.05) is 17.1 Å². The first-order chi connectivity index (χ1) is 8.93. The molecule has 1 aromatic carbocycles. The molecule has 0 aliphatic rings. The summed E-state index contributed by atoms with van der Waals surface area (Å²) in [4.78, 5) is 3.75. The van der Waals surface area contributed by atoms with E-state index < -0.39 is 15.8 Å². The van der Waals surface area contributed by atoms with Gasteiger partial charge < -0.3 is 5.73 Å². The lowest BCUT2D eigenvalue weighted by molar-refractivity contribution is 0.593. The highest BCUT2D eigenvalue weighted by atomic mass is 32.2. The van der Waals surface area contributed by atoms with Crippen LogP contribution in [-0.2, 0) is 10.0 Å². The van der Waals surface area contributed by atoms with Gasteiger partial charge in [-0.05, 0) is 30.3 Å². The molecule has 0 bridgehead atoms. The summed E-state index contributed by atoms with van der Waals surface area (Å²) in [5, 5.41) is 0. The molecule has 5 nitrogen and oxygen atoms in total. The SMILES string of the molecule is CN(c1ccncc1)S(=O)(=O)c1ccc(F)c(N)c1. The third-order valence-electron chi connectivity index (χ3n) is 2.65. The van der Waals surface area contributed by atoms with Gasteiger partial charge in [-0.3, -0.25) is 9.29 Å². The van der Waals surface area contributed by atoms with Crippen molar-refractivity contribution in [3.63, 3.8) is 0 Å². The van der Waals surface area contributed by atoms with Crippen molar-refractivity contribution < 1.29 is 12.8 Å². The Bertz CT molecular complexity index is 689. The number of nitrogens with two attached hydrogens (primary N) is 1. The van der Waals surface area contributed by atoms with Crippen LogP contribution in [0.1, 0.15) is 0 Å². The molecule has 0 aliphatic heterocycles. The lowest BCUT2D eigenvalue weighted by Gasteiger charge is -2.19. The Balaban J connectivity index is 2.45. The summed E-state index contributed by atoms with van der Waals surface area (Å²) >= 11 is 0. The maximum Gasteiger partial charge on any atom is 0.264 e. The molecule has 19 heavy (non-hydrogen) atoms. The number of nitrogens with zero attached hydrogens (tertiary/aromatic N) is 2. The van der Waals surface area contributed by atoms with Crippen LogP contribution in [0.4, 0.5) is 15.8 Å². The second-order valence-electron chi connectivity index (χ2n) is 3.86. The van der Waals surface area contributed by atoms with Crippen molar-refractivity contribution in [1.29, 1.82) is 0 Å². The largest absolute Gasteiger partial charge is 0.396 e. The highest BCUT2D eigenvalue weighted by molar-refractivity contribution is 7.92. The van der Waals surface area contributed by atoms with Gasteiger partial charge >= 0.3 is 0 Å². The van der Waals surface area contributed by atoms with Crippen LogP contribution < -0.4 is 10.0 Å². The molecule has 0 saturated heterocycles. The predicted molar refractivity (Wildman–Crippen MR) is 70.6 cm³/mol. The smallest absolute Gasteiger partial charge is 0.264 e. The molecule has 0 spiro atoms. The minimum absolute atomic E-state index is 0.0642. The molecule has 0 aliphatic carbocycles. The number of rotatable bonds is 3. The van der Waals surface area contributed by atoms with Gasteiger partial charge in [0, 0.05) is 19.4 Å². The van der Waals surface area contributed by atoms with E-state index in [0.717, 1.165) is 16.4 Å². The topological polar surface area (TPSA) is 76.3 Å². The molecule has 2 N–H and O–H groups in total. The van der Waals surface area contributed by atoms with Gasteiger partial charge in [0.25, 0.3) is 10.0 Å². The standard InChI is InChI=1S/C12H12FN3O2S/c1-16(9-4-6-15-7-5-9)19(17,18)10-2-3-11(13)12(14)8-10/h2-8H,14H2,1H3. The molecule has 0 unspecified atom stereocenters. The Hall–Kier alpha value is -2.15. The van der Waals surface area contributed by atoms with Crippen LogP contribution in [0.5, 0.6) is 0 Å². The summed E-state index contributed by atoms with van der Waals surface area (Å²) in [6.07, 6.45) is 2.97. The molecular formula is C12H12FN3O2S. The van der Waals surface area contributed by atoms with E-state index >= 15 is 0 Å². The van der Waals surface area contributed by atoms with Gasteiger partial charge in [0.15, 0.2) is 0 Å². The van der Waals surface area contributed by atoms with Crippen molar-refractivity contribution in [2.45, 2.75) is 4.90 Å². The quantitative estimate of drug-likeness (QED) is 0.867. The summed E-state index contributed by atoms with van der Waals surface area (Å²) in [7, 11) is -2.37. The minimum Gasteiger partial charge on any atom is -0.396 e. The van der Waals surface area contributed by atoms with Gasteiger partial charge in [-0.2, -0.15) is 0 Å². The number of anilines is 2. The van der Waals surface area contributed by atoms with Crippen LogP contribution in [0.3, 0.4) is 0 Å². The summed E-state index contributed by atoms with van der Waals surface area (Å²) in [6, 6.07) is 6.43. The van der Waals surface area contributed by atoms with Crippen molar-refractivity contribution >= 4 is 21.4 Å². The fourth-order valence-electron chi connectivity index (χ4n) is 1.53. The Morgan fingerprint density at radius 2 is 1.84 bits per heavy atom.